The first-order chi connectivity index (χ1) is 12.1. The number of nitrogens with zero attached hydrogens (tertiary/aromatic N) is 2. The number of rotatable bonds is 9. The molecule has 5 nitrogen and oxygen atoms in total. The topological polar surface area (TPSA) is 54.5 Å². The number of carbonyl (C=O) groups is 1. The predicted octanol–water partition coefficient (Wildman–Crippen LogP) is 3.30. The van der Waals surface area contributed by atoms with E-state index in [-0.39, 0.29) is 5.91 Å². The molecule has 0 fully saturated rings. The maximum Gasteiger partial charge on any atom is 0.252 e. The molecule has 1 amide bonds. The SMILES string of the molecule is CCCCN(C)c1ccc(C(=O)NCCc2ccc(OC)cc2)cn1. The molecule has 134 valence electrons. The number of ether oxygens (including phenoxy) is 1. The predicted molar refractivity (Wildman–Crippen MR) is 101 cm³/mol. The summed E-state index contributed by atoms with van der Waals surface area (Å²) in [7, 11) is 3.67. The second-order valence-electron chi connectivity index (χ2n) is 6.03. The van der Waals surface area contributed by atoms with Crippen LogP contribution in [0.2, 0.25) is 0 Å². The highest BCUT2D eigenvalue weighted by atomic mass is 16.5. The number of pyridine rings is 1. The van der Waals surface area contributed by atoms with Crippen LogP contribution in [0.15, 0.2) is 42.6 Å². The molecular weight excluding hydrogens is 314 g/mol. The minimum Gasteiger partial charge on any atom is -0.497 e. The van der Waals surface area contributed by atoms with E-state index in [1.165, 1.54) is 0 Å². The smallest absolute Gasteiger partial charge is 0.252 e. The van der Waals surface area contributed by atoms with E-state index in [0.717, 1.165) is 42.9 Å². The van der Waals surface area contributed by atoms with E-state index in [2.05, 4.69) is 22.1 Å². The fourth-order valence-electron chi connectivity index (χ4n) is 2.47. The zero-order valence-electron chi connectivity index (χ0n) is 15.3. The quantitative estimate of drug-likeness (QED) is 0.760. The lowest BCUT2D eigenvalue weighted by atomic mass is 10.1. The van der Waals surface area contributed by atoms with Gasteiger partial charge in [-0.15, -0.1) is 0 Å². The molecule has 0 atom stereocenters. The normalized spacial score (nSPS) is 10.4. The van der Waals surface area contributed by atoms with Crippen LogP contribution >= 0.6 is 0 Å². The maximum atomic E-state index is 12.2. The van der Waals surface area contributed by atoms with E-state index >= 15 is 0 Å². The Bertz CT molecular complexity index is 654. The van der Waals surface area contributed by atoms with Gasteiger partial charge in [-0.05, 0) is 42.7 Å². The first-order valence-electron chi connectivity index (χ1n) is 8.72. The summed E-state index contributed by atoms with van der Waals surface area (Å²) in [5.74, 6) is 1.63. The summed E-state index contributed by atoms with van der Waals surface area (Å²) in [6, 6.07) is 11.6. The van der Waals surface area contributed by atoms with Crippen molar-refractivity contribution in [1.29, 1.82) is 0 Å². The van der Waals surface area contributed by atoms with Gasteiger partial charge >= 0.3 is 0 Å². The van der Waals surface area contributed by atoms with E-state index in [1.807, 2.05) is 43.4 Å². The molecule has 0 saturated carbocycles. The van der Waals surface area contributed by atoms with Crippen molar-refractivity contribution in [2.45, 2.75) is 26.2 Å². The fraction of sp³-hybridized carbons (Fsp3) is 0.400. The number of unbranched alkanes of at least 4 members (excludes halogenated alkanes) is 1. The molecule has 0 unspecified atom stereocenters. The molecule has 0 aliphatic carbocycles. The number of carbonyl (C=O) groups excluding carboxylic acids is 1. The first-order valence-corrected chi connectivity index (χ1v) is 8.72. The summed E-state index contributed by atoms with van der Waals surface area (Å²) in [4.78, 5) is 18.7. The Kier molecular flexibility index (Phi) is 7.26. The van der Waals surface area contributed by atoms with Crippen LogP contribution in [0, 0.1) is 0 Å². The zero-order chi connectivity index (χ0) is 18.1. The van der Waals surface area contributed by atoms with Crippen molar-refractivity contribution in [3.05, 3.63) is 53.7 Å². The Morgan fingerprint density at radius 1 is 1.20 bits per heavy atom. The Hall–Kier alpha value is -2.56. The van der Waals surface area contributed by atoms with Crippen LogP contribution in [0.5, 0.6) is 5.75 Å². The molecule has 25 heavy (non-hydrogen) atoms. The minimum absolute atomic E-state index is 0.0937. The van der Waals surface area contributed by atoms with Crippen LogP contribution in [0.25, 0.3) is 0 Å². The molecule has 5 heteroatoms. The molecule has 1 heterocycles. The lowest BCUT2D eigenvalue weighted by Crippen LogP contribution is -2.26. The van der Waals surface area contributed by atoms with Gasteiger partial charge in [0.1, 0.15) is 11.6 Å². The Morgan fingerprint density at radius 2 is 1.96 bits per heavy atom. The molecule has 0 saturated heterocycles. The van der Waals surface area contributed by atoms with Crippen molar-refractivity contribution < 1.29 is 9.53 Å². The lowest BCUT2D eigenvalue weighted by molar-refractivity contribution is 0.0954. The Labute approximate surface area is 150 Å². The van der Waals surface area contributed by atoms with E-state index in [9.17, 15) is 4.79 Å². The molecule has 0 spiro atoms. The van der Waals surface area contributed by atoms with Gasteiger partial charge in [0, 0.05) is 26.3 Å². The fourth-order valence-corrected chi connectivity index (χ4v) is 2.47. The third-order valence-corrected chi connectivity index (χ3v) is 4.11. The van der Waals surface area contributed by atoms with Gasteiger partial charge in [-0.1, -0.05) is 25.5 Å². The summed E-state index contributed by atoms with van der Waals surface area (Å²) in [6.07, 6.45) is 4.70. The summed E-state index contributed by atoms with van der Waals surface area (Å²) in [5.41, 5.74) is 1.74. The summed E-state index contributed by atoms with van der Waals surface area (Å²) in [5, 5.41) is 2.94. The maximum absolute atomic E-state index is 12.2. The van der Waals surface area contributed by atoms with Crippen molar-refractivity contribution in [1.82, 2.24) is 10.3 Å². The number of amides is 1. The van der Waals surface area contributed by atoms with Crippen molar-refractivity contribution in [2.75, 3.05) is 32.1 Å². The largest absolute Gasteiger partial charge is 0.497 e. The Morgan fingerprint density at radius 3 is 2.56 bits per heavy atom. The van der Waals surface area contributed by atoms with Gasteiger partial charge in [-0.25, -0.2) is 4.98 Å². The first kappa shape index (κ1) is 18.8. The minimum atomic E-state index is -0.0937. The van der Waals surface area contributed by atoms with Crippen molar-refractivity contribution in [3.8, 4) is 5.75 Å². The highest BCUT2D eigenvalue weighted by molar-refractivity contribution is 5.94. The van der Waals surface area contributed by atoms with E-state index in [4.69, 9.17) is 4.74 Å². The van der Waals surface area contributed by atoms with Gasteiger partial charge in [0.25, 0.3) is 5.91 Å². The molecular formula is C20H27N3O2. The average Bonchev–Trinajstić information content (AvgIpc) is 2.66. The molecule has 2 aromatic rings. The van der Waals surface area contributed by atoms with E-state index in [1.54, 1.807) is 13.3 Å². The van der Waals surface area contributed by atoms with E-state index < -0.39 is 0 Å². The zero-order valence-corrected chi connectivity index (χ0v) is 15.3. The number of nitrogens with one attached hydrogen (secondary N) is 1. The summed E-state index contributed by atoms with van der Waals surface area (Å²) in [6.45, 7) is 3.72. The van der Waals surface area contributed by atoms with Crippen molar-refractivity contribution in [2.24, 2.45) is 0 Å². The van der Waals surface area contributed by atoms with Crippen molar-refractivity contribution in [3.63, 3.8) is 0 Å². The molecule has 0 aliphatic heterocycles. The molecule has 0 radical (unpaired) electrons. The van der Waals surface area contributed by atoms with Gasteiger partial charge < -0.3 is 15.0 Å². The number of anilines is 1. The number of hydrogen-bond donors (Lipinski definition) is 1. The number of hydrogen-bond acceptors (Lipinski definition) is 4. The van der Waals surface area contributed by atoms with Gasteiger partial charge in [0.15, 0.2) is 0 Å². The van der Waals surface area contributed by atoms with E-state index in [0.29, 0.717) is 12.1 Å². The Balaban J connectivity index is 1.81. The third-order valence-electron chi connectivity index (χ3n) is 4.11. The second kappa shape index (κ2) is 9.67. The lowest BCUT2D eigenvalue weighted by Gasteiger charge is -2.17. The van der Waals surface area contributed by atoms with Crippen LogP contribution in [-0.2, 0) is 6.42 Å². The molecule has 1 N–H and O–H groups in total. The summed E-state index contributed by atoms with van der Waals surface area (Å²) < 4.78 is 5.14. The standard InChI is InChI=1S/C20H27N3O2/c1-4-5-14-23(2)19-11-8-17(15-22-19)20(24)21-13-12-16-6-9-18(25-3)10-7-16/h6-11,15H,4-5,12-14H2,1-3H3,(H,21,24). The van der Waals surface area contributed by atoms with Crippen LogP contribution in [-0.4, -0.2) is 38.1 Å². The van der Waals surface area contributed by atoms with Crippen LogP contribution < -0.4 is 15.0 Å². The summed E-state index contributed by atoms with van der Waals surface area (Å²) >= 11 is 0. The molecule has 0 bridgehead atoms. The highest BCUT2D eigenvalue weighted by Crippen LogP contribution is 2.12. The van der Waals surface area contributed by atoms with Gasteiger partial charge in [0.2, 0.25) is 0 Å². The highest BCUT2D eigenvalue weighted by Gasteiger charge is 2.07. The number of aromatic nitrogens is 1. The monoisotopic (exact) mass is 341 g/mol. The van der Waals surface area contributed by atoms with Crippen LogP contribution in [0.1, 0.15) is 35.7 Å². The number of methoxy groups -OCH3 is 1. The van der Waals surface area contributed by atoms with Crippen LogP contribution in [0.3, 0.4) is 0 Å². The van der Waals surface area contributed by atoms with Gasteiger partial charge in [-0.2, -0.15) is 0 Å². The molecule has 0 aliphatic rings. The molecule has 2 rings (SSSR count). The number of benzene rings is 1. The second-order valence-corrected chi connectivity index (χ2v) is 6.03. The third kappa shape index (κ3) is 5.78. The average molecular weight is 341 g/mol. The van der Waals surface area contributed by atoms with Gasteiger partial charge in [0.05, 0.1) is 12.7 Å². The van der Waals surface area contributed by atoms with Crippen molar-refractivity contribution >= 4 is 11.7 Å². The molecule has 1 aromatic carbocycles. The van der Waals surface area contributed by atoms with Gasteiger partial charge in [-0.3, -0.25) is 4.79 Å². The molecule has 1 aromatic heterocycles. The van der Waals surface area contributed by atoms with Crippen LogP contribution in [0.4, 0.5) is 5.82 Å².